The topological polar surface area (TPSA) is 49.8 Å². The number of aliphatic hydroxyl groups is 1. The maximum atomic E-state index is 13.1. The van der Waals surface area contributed by atoms with Crippen LogP contribution in [-0.4, -0.2) is 33.8 Å². The summed E-state index contributed by atoms with van der Waals surface area (Å²) < 4.78 is 18.6. The minimum atomic E-state index is -0.641. The van der Waals surface area contributed by atoms with Crippen LogP contribution in [0.3, 0.4) is 0 Å². The lowest BCUT2D eigenvalue weighted by molar-refractivity contribution is -0.00164. The van der Waals surface area contributed by atoms with E-state index in [4.69, 9.17) is 4.74 Å². The second-order valence-corrected chi connectivity index (χ2v) is 6.84. The molecule has 0 bridgehead atoms. The molecule has 1 aliphatic heterocycles. The largest absolute Gasteiger partial charge is 0.444 e. The van der Waals surface area contributed by atoms with E-state index in [1.807, 2.05) is 20.8 Å². The third-order valence-corrected chi connectivity index (χ3v) is 3.84. The summed E-state index contributed by atoms with van der Waals surface area (Å²) in [6.45, 7) is 7.11. The Morgan fingerprint density at radius 1 is 1.32 bits per heavy atom. The molecular weight excluding hydrogens is 285 g/mol. The normalized spacial score (nSPS) is 23.5. The van der Waals surface area contributed by atoms with E-state index in [-0.39, 0.29) is 17.9 Å². The number of amides is 1. The lowest BCUT2D eigenvalue weighted by Crippen LogP contribution is -2.45. The average molecular weight is 309 g/mol. The molecule has 3 atom stereocenters. The van der Waals surface area contributed by atoms with Gasteiger partial charge in [-0.15, -0.1) is 0 Å². The van der Waals surface area contributed by atoms with Crippen molar-refractivity contribution < 1.29 is 19.0 Å². The number of benzene rings is 1. The van der Waals surface area contributed by atoms with Crippen LogP contribution in [0, 0.1) is 5.82 Å². The molecule has 3 unspecified atom stereocenters. The van der Waals surface area contributed by atoms with Crippen molar-refractivity contribution in [2.45, 2.75) is 64.3 Å². The van der Waals surface area contributed by atoms with Gasteiger partial charge in [0.1, 0.15) is 11.4 Å². The molecule has 4 nitrogen and oxygen atoms in total. The van der Waals surface area contributed by atoms with Crippen LogP contribution in [0.2, 0.25) is 0 Å². The number of aliphatic hydroxyl groups excluding tert-OH is 1. The molecule has 5 heteroatoms. The van der Waals surface area contributed by atoms with Crippen LogP contribution in [0.5, 0.6) is 0 Å². The van der Waals surface area contributed by atoms with Gasteiger partial charge < -0.3 is 9.84 Å². The number of carbonyl (C=O) groups is 1. The number of nitrogens with zero attached hydrogens (tertiary/aromatic N) is 1. The van der Waals surface area contributed by atoms with Crippen LogP contribution in [-0.2, 0) is 4.74 Å². The molecule has 1 heterocycles. The van der Waals surface area contributed by atoms with Gasteiger partial charge in [-0.1, -0.05) is 12.1 Å². The number of rotatable bonds is 2. The first kappa shape index (κ1) is 16.7. The molecule has 1 fully saturated rings. The van der Waals surface area contributed by atoms with Crippen molar-refractivity contribution in [2.75, 3.05) is 0 Å². The van der Waals surface area contributed by atoms with Crippen molar-refractivity contribution >= 4 is 6.09 Å². The predicted octanol–water partition coefficient (Wildman–Crippen LogP) is 3.65. The molecule has 0 radical (unpaired) electrons. The Hall–Kier alpha value is -1.62. The Balaban J connectivity index is 2.28. The van der Waals surface area contributed by atoms with Crippen molar-refractivity contribution in [1.82, 2.24) is 4.90 Å². The summed E-state index contributed by atoms with van der Waals surface area (Å²) in [5.74, 6) is -0.308. The summed E-state index contributed by atoms with van der Waals surface area (Å²) in [5, 5.41) is 9.97. The molecule has 1 aromatic carbocycles. The number of halogens is 1. The summed E-state index contributed by atoms with van der Waals surface area (Å²) in [4.78, 5) is 14.1. The number of hydrogen-bond donors (Lipinski definition) is 1. The third kappa shape index (κ3) is 3.77. The number of likely N-dealkylation sites (tertiary alicyclic amines) is 1. The molecule has 1 N–H and O–H groups in total. The Labute approximate surface area is 130 Å². The van der Waals surface area contributed by atoms with E-state index in [0.29, 0.717) is 6.42 Å². The molecular formula is C17H24FNO3. The summed E-state index contributed by atoms with van der Waals surface area (Å²) in [6.07, 6.45) is 0.336. The van der Waals surface area contributed by atoms with Crippen molar-refractivity contribution in [2.24, 2.45) is 0 Å². The van der Waals surface area contributed by atoms with Gasteiger partial charge in [-0.05, 0) is 58.2 Å². The van der Waals surface area contributed by atoms with Crippen LogP contribution < -0.4 is 0 Å². The van der Waals surface area contributed by atoms with Gasteiger partial charge in [-0.3, -0.25) is 4.90 Å². The zero-order valence-electron chi connectivity index (χ0n) is 13.5. The first-order valence-corrected chi connectivity index (χ1v) is 7.64. The number of carbonyl (C=O) groups excluding carboxylic acids is 1. The van der Waals surface area contributed by atoms with Crippen LogP contribution in [0.4, 0.5) is 9.18 Å². The van der Waals surface area contributed by atoms with E-state index >= 15 is 0 Å². The van der Waals surface area contributed by atoms with Gasteiger partial charge in [0.05, 0.1) is 18.2 Å². The van der Waals surface area contributed by atoms with E-state index in [0.717, 1.165) is 12.0 Å². The molecule has 1 saturated heterocycles. The summed E-state index contributed by atoms with van der Waals surface area (Å²) in [5.41, 5.74) is 0.256. The standard InChI is InChI=1S/C17H24FNO3/c1-11(20)14-9-10-15(12-5-7-13(18)8-6-12)19(14)16(21)22-17(2,3)4/h5-8,11,14-15,20H,9-10H2,1-4H3. The van der Waals surface area contributed by atoms with E-state index in [2.05, 4.69) is 0 Å². The number of hydrogen-bond acceptors (Lipinski definition) is 3. The van der Waals surface area contributed by atoms with Gasteiger partial charge in [0.2, 0.25) is 0 Å². The summed E-state index contributed by atoms with van der Waals surface area (Å²) in [7, 11) is 0. The Morgan fingerprint density at radius 2 is 1.91 bits per heavy atom. The molecule has 0 spiro atoms. The lowest BCUT2D eigenvalue weighted by atomic mass is 10.0. The minimum Gasteiger partial charge on any atom is -0.444 e. The second-order valence-electron chi connectivity index (χ2n) is 6.84. The minimum absolute atomic E-state index is 0.199. The van der Waals surface area contributed by atoms with Crippen molar-refractivity contribution in [3.8, 4) is 0 Å². The average Bonchev–Trinajstić information content (AvgIpc) is 2.82. The molecule has 1 aliphatic rings. The SMILES string of the molecule is CC(O)C1CCC(c2ccc(F)cc2)N1C(=O)OC(C)(C)C. The summed E-state index contributed by atoms with van der Waals surface area (Å²) in [6, 6.07) is 5.65. The molecule has 1 amide bonds. The van der Waals surface area contributed by atoms with Gasteiger partial charge in [0.25, 0.3) is 0 Å². The van der Waals surface area contributed by atoms with Crippen LogP contribution in [0.1, 0.15) is 52.1 Å². The zero-order valence-corrected chi connectivity index (χ0v) is 13.5. The highest BCUT2D eigenvalue weighted by atomic mass is 19.1. The number of ether oxygens (including phenoxy) is 1. The fraction of sp³-hybridized carbons (Fsp3) is 0.588. The highest BCUT2D eigenvalue weighted by molar-refractivity contribution is 5.70. The summed E-state index contributed by atoms with van der Waals surface area (Å²) >= 11 is 0. The molecule has 2 rings (SSSR count). The van der Waals surface area contributed by atoms with Crippen LogP contribution in [0.25, 0.3) is 0 Å². The molecule has 0 aliphatic carbocycles. The van der Waals surface area contributed by atoms with Gasteiger partial charge in [0, 0.05) is 0 Å². The fourth-order valence-corrected chi connectivity index (χ4v) is 2.90. The first-order valence-electron chi connectivity index (χ1n) is 7.64. The van der Waals surface area contributed by atoms with E-state index in [9.17, 15) is 14.3 Å². The Kier molecular flexibility index (Phi) is 4.75. The molecule has 0 saturated carbocycles. The van der Waals surface area contributed by atoms with Gasteiger partial charge in [0.15, 0.2) is 0 Å². The maximum absolute atomic E-state index is 13.1. The third-order valence-electron chi connectivity index (χ3n) is 3.84. The van der Waals surface area contributed by atoms with Gasteiger partial charge in [-0.2, -0.15) is 0 Å². The molecule has 1 aromatic rings. The van der Waals surface area contributed by atoms with Crippen LogP contribution in [0.15, 0.2) is 24.3 Å². The molecule has 22 heavy (non-hydrogen) atoms. The van der Waals surface area contributed by atoms with Gasteiger partial charge in [-0.25, -0.2) is 9.18 Å². The van der Waals surface area contributed by atoms with Crippen molar-refractivity contribution in [3.63, 3.8) is 0 Å². The zero-order chi connectivity index (χ0) is 16.5. The highest BCUT2D eigenvalue weighted by Crippen LogP contribution is 2.38. The highest BCUT2D eigenvalue weighted by Gasteiger charge is 2.41. The molecule has 0 aromatic heterocycles. The molecule has 122 valence electrons. The maximum Gasteiger partial charge on any atom is 0.411 e. The lowest BCUT2D eigenvalue weighted by Gasteiger charge is -2.34. The Bertz CT molecular complexity index is 522. The van der Waals surface area contributed by atoms with Crippen LogP contribution >= 0.6 is 0 Å². The van der Waals surface area contributed by atoms with Crippen molar-refractivity contribution in [1.29, 1.82) is 0 Å². The monoisotopic (exact) mass is 309 g/mol. The van der Waals surface area contributed by atoms with E-state index < -0.39 is 17.8 Å². The predicted molar refractivity (Wildman–Crippen MR) is 81.9 cm³/mol. The van der Waals surface area contributed by atoms with E-state index in [1.165, 1.54) is 12.1 Å². The smallest absolute Gasteiger partial charge is 0.411 e. The van der Waals surface area contributed by atoms with E-state index in [1.54, 1.807) is 24.0 Å². The first-order chi connectivity index (χ1) is 10.2. The fourth-order valence-electron chi connectivity index (χ4n) is 2.90. The Morgan fingerprint density at radius 3 is 2.41 bits per heavy atom. The van der Waals surface area contributed by atoms with Crippen molar-refractivity contribution in [3.05, 3.63) is 35.6 Å². The second kappa shape index (κ2) is 6.24. The quantitative estimate of drug-likeness (QED) is 0.907. The van der Waals surface area contributed by atoms with Gasteiger partial charge >= 0.3 is 6.09 Å².